The van der Waals surface area contributed by atoms with Crippen molar-refractivity contribution in [3.63, 3.8) is 0 Å². The highest BCUT2D eigenvalue weighted by Gasteiger charge is 2.21. The molecule has 0 spiro atoms. The molecule has 1 heterocycles. The normalized spacial score (nSPS) is 25.3. The molecule has 0 amide bonds. The number of fused-ring (bicyclic) bond motifs is 1. The summed E-state index contributed by atoms with van der Waals surface area (Å²) in [7, 11) is 0. The van der Waals surface area contributed by atoms with E-state index in [1.165, 1.54) is 5.52 Å². The third-order valence-corrected chi connectivity index (χ3v) is 4.09. The fourth-order valence-electron chi connectivity index (χ4n) is 2.63. The van der Waals surface area contributed by atoms with Crippen LogP contribution in [-0.2, 0) is 0 Å². The molecule has 1 aliphatic carbocycles. The van der Waals surface area contributed by atoms with Crippen molar-refractivity contribution in [2.45, 2.75) is 37.8 Å². The molecule has 0 radical (unpaired) electrons. The highest BCUT2D eigenvalue weighted by atomic mass is 79.9. The molecule has 1 saturated carbocycles. The Kier molecular flexibility index (Phi) is 2.92. The number of hydrogen-bond acceptors (Lipinski definition) is 2. The van der Waals surface area contributed by atoms with Crippen molar-refractivity contribution in [2.24, 2.45) is 0 Å². The fraction of sp³-hybridized carbons (Fsp3) is 0.462. The maximum atomic E-state index is 9.55. The van der Waals surface area contributed by atoms with Crippen molar-refractivity contribution in [2.75, 3.05) is 0 Å². The molecule has 0 bridgehead atoms. The third kappa shape index (κ3) is 2.11. The van der Waals surface area contributed by atoms with Gasteiger partial charge in [0.05, 0.1) is 23.5 Å². The minimum absolute atomic E-state index is 0.104. The number of hydrogen-bond donors (Lipinski definition) is 1. The molecule has 1 aromatic carbocycles. The molecule has 1 aromatic heterocycles. The van der Waals surface area contributed by atoms with Gasteiger partial charge in [0.15, 0.2) is 0 Å². The molecule has 1 N–H and O–H groups in total. The van der Waals surface area contributed by atoms with Crippen LogP contribution in [0.3, 0.4) is 0 Å². The Labute approximate surface area is 109 Å². The summed E-state index contributed by atoms with van der Waals surface area (Å²) in [5.41, 5.74) is 2.22. The van der Waals surface area contributed by atoms with Crippen LogP contribution in [0, 0.1) is 0 Å². The number of halogens is 1. The Morgan fingerprint density at radius 1 is 1.24 bits per heavy atom. The van der Waals surface area contributed by atoms with Crippen molar-refractivity contribution < 1.29 is 5.11 Å². The number of benzene rings is 1. The predicted molar refractivity (Wildman–Crippen MR) is 70.9 cm³/mol. The number of aliphatic hydroxyl groups is 1. The fourth-order valence-corrected chi connectivity index (χ4v) is 2.98. The first kappa shape index (κ1) is 11.2. The summed E-state index contributed by atoms with van der Waals surface area (Å²) in [6.07, 6.45) is 5.71. The highest BCUT2D eigenvalue weighted by Crippen LogP contribution is 2.31. The summed E-state index contributed by atoms with van der Waals surface area (Å²) in [6, 6.07) is 6.66. The lowest BCUT2D eigenvalue weighted by Gasteiger charge is -2.26. The van der Waals surface area contributed by atoms with Crippen molar-refractivity contribution in [3.8, 4) is 0 Å². The van der Waals surface area contributed by atoms with Crippen LogP contribution in [0.1, 0.15) is 31.7 Å². The average molecular weight is 295 g/mol. The van der Waals surface area contributed by atoms with E-state index in [4.69, 9.17) is 0 Å². The number of aromatic nitrogens is 2. The molecule has 1 fully saturated rings. The van der Waals surface area contributed by atoms with E-state index in [1.54, 1.807) is 0 Å². The van der Waals surface area contributed by atoms with Crippen molar-refractivity contribution in [1.82, 2.24) is 9.55 Å². The van der Waals surface area contributed by atoms with Gasteiger partial charge in [-0.25, -0.2) is 4.98 Å². The number of rotatable bonds is 1. The topological polar surface area (TPSA) is 38.0 Å². The smallest absolute Gasteiger partial charge is 0.0960 e. The summed E-state index contributed by atoms with van der Waals surface area (Å²) < 4.78 is 3.34. The third-order valence-electron chi connectivity index (χ3n) is 3.60. The summed E-state index contributed by atoms with van der Waals surface area (Å²) in [6.45, 7) is 0. The molecule has 0 saturated heterocycles. The van der Waals surface area contributed by atoms with Crippen molar-refractivity contribution in [1.29, 1.82) is 0 Å². The predicted octanol–water partition coefficient (Wildman–Crippen LogP) is 3.27. The van der Waals surface area contributed by atoms with Crippen molar-refractivity contribution in [3.05, 3.63) is 29.0 Å². The SMILES string of the molecule is O[C@H]1CC[C@H](n2cnc3ccc(Br)cc32)CC1. The van der Waals surface area contributed by atoms with Gasteiger partial charge >= 0.3 is 0 Å². The minimum Gasteiger partial charge on any atom is -0.393 e. The lowest BCUT2D eigenvalue weighted by atomic mass is 9.93. The van der Waals surface area contributed by atoms with Gasteiger partial charge in [0.1, 0.15) is 0 Å². The largest absolute Gasteiger partial charge is 0.393 e. The second-order valence-electron chi connectivity index (χ2n) is 4.75. The molecule has 2 aromatic rings. The van der Waals surface area contributed by atoms with Gasteiger partial charge < -0.3 is 9.67 Å². The maximum absolute atomic E-state index is 9.55. The first-order valence-corrected chi connectivity index (χ1v) is 6.83. The number of nitrogens with zero attached hydrogens (tertiary/aromatic N) is 2. The van der Waals surface area contributed by atoms with Crippen LogP contribution in [-0.4, -0.2) is 20.8 Å². The standard InChI is InChI=1S/C13H15BrN2O/c14-9-1-6-12-13(7-9)16(8-15-12)10-2-4-11(17)5-3-10/h1,6-8,10-11,17H,2-5H2/t10-,11-. The van der Waals surface area contributed by atoms with E-state index in [1.807, 2.05) is 18.5 Å². The molecule has 0 aliphatic heterocycles. The number of aliphatic hydroxyl groups excluding tert-OH is 1. The highest BCUT2D eigenvalue weighted by molar-refractivity contribution is 9.10. The molecule has 3 nitrogen and oxygen atoms in total. The van der Waals surface area contributed by atoms with E-state index >= 15 is 0 Å². The first-order chi connectivity index (χ1) is 8.24. The van der Waals surface area contributed by atoms with Gasteiger partial charge in [0, 0.05) is 10.5 Å². The van der Waals surface area contributed by atoms with E-state index in [9.17, 15) is 5.11 Å². The van der Waals surface area contributed by atoms with Crippen LogP contribution < -0.4 is 0 Å². The molecule has 4 heteroatoms. The van der Waals surface area contributed by atoms with Gasteiger partial charge in [-0.1, -0.05) is 15.9 Å². The summed E-state index contributed by atoms with van der Waals surface area (Å²) in [5.74, 6) is 0. The lowest BCUT2D eigenvalue weighted by molar-refractivity contribution is 0.111. The monoisotopic (exact) mass is 294 g/mol. The molecular formula is C13H15BrN2O. The van der Waals surface area contributed by atoms with Gasteiger partial charge in [-0.15, -0.1) is 0 Å². The second kappa shape index (κ2) is 4.42. The summed E-state index contributed by atoms with van der Waals surface area (Å²) in [5, 5.41) is 9.55. The van der Waals surface area contributed by atoms with E-state index in [-0.39, 0.29) is 6.10 Å². The molecular weight excluding hydrogens is 280 g/mol. The zero-order chi connectivity index (χ0) is 11.8. The quantitative estimate of drug-likeness (QED) is 0.876. The molecule has 0 atom stereocenters. The first-order valence-electron chi connectivity index (χ1n) is 6.04. The molecule has 0 unspecified atom stereocenters. The van der Waals surface area contributed by atoms with E-state index in [2.05, 4.69) is 31.5 Å². The maximum Gasteiger partial charge on any atom is 0.0960 e. The van der Waals surface area contributed by atoms with E-state index in [0.717, 1.165) is 35.7 Å². The average Bonchev–Trinajstić information content (AvgIpc) is 2.73. The Balaban J connectivity index is 1.97. The summed E-state index contributed by atoms with van der Waals surface area (Å²) in [4.78, 5) is 4.43. The minimum atomic E-state index is -0.104. The molecule has 1 aliphatic rings. The Morgan fingerprint density at radius 2 is 2.00 bits per heavy atom. The van der Waals surface area contributed by atoms with Crippen LogP contribution in [0.4, 0.5) is 0 Å². The van der Waals surface area contributed by atoms with Crippen LogP contribution in [0.15, 0.2) is 29.0 Å². The van der Waals surface area contributed by atoms with Crippen molar-refractivity contribution >= 4 is 27.0 Å². The van der Waals surface area contributed by atoms with Gasteiger partial charge in [-0.05, 0) is 43.9 Å². The zero-order valence-electron chi connectivity index (χ0n) is 9.51. The Hall–Kier alpha value is -0.870. The van der Waals surface area contributed by atoms with Crippen LogP contribution in [0.2, 0.25) is 0 Å². The molecule has 17 heavy (non-hydrogen) atoms. The lowest BCUT2D eigenvalue weighted by Crippen LogP contribution is -2.20. The van der Waals surface area contributed by atoms with Gasteiger partial charge in [-0.2, -0.15) is 0 Å². The van der Waals surface area contributed by atoms with Crippen LogP contribution >= 0.6 is 15.9 Å². The Bertz CT molecular complexity index is 529. The van der Waals surface area contributed by atoms with Crippen LogP contribution in [0.5, 0.6) is 0 Å². The van der Waals surface area contributed by atoms with Crippen LogP contribution in [0.25, 0.3) is 11.0 Å². The van der Waals surface area contributed by atoms with E-state index < -0.39 is 0 Å². The zero-order valence-corrected chi connectivity index (χ0v) is 11.1. The molecule has 3 rings (SSSR count). The summed E-state index contributed by atoms with van der Waals surface area (Å²) >= 11 is 3.50. The number of imidazole rings is 1. The van der Waals surface area contributed by atoms with Gasteiger partial charge in [0.2, 0.25) is 0 Å². The van der Waals surface area contributed by atoms with Gasteiger partial charge in [0.25, 0.3) is 0 Å². The van der Waals surface area contributed by atoms with E-state index in [0.29, 0.717) is 6.04 Å². The second-order valence-corrected chi connectivity index (χ2v) is 5.66. The van der Waals surface area contributed by atoms with Gasteiger partial charge in [-0.3, -0.25) is 0 Å². The Morgan fingerprint density at radius 3 is 2.76 bits per heavy atom. The molecule has 90 valence electrons.